The van der Waals surface area contributed by atoms with E-state index < -0.39 is 0 Å². The first-order valence-electron chi connectivity index (χ1n) is 8.89. The Morgan fingerprint density at radius 2 is 1.95 bits per heavy atom. The van der Waals surface area contributed by atoms with Gasteiger partial charge in [0.05, 0.1) is 18.8 Å². The van der Waals surface area contributed by atoms with E-state index in [-0.39, 0.29) is 12.1 Å². The summed E-state index contributed by atoms with van der Waals surface area (Å²) in [5.74, 6) is 0.765. The van der Waals surface area contributed by atoms with Crippen LogP contribution >= 0.6 is 0 Å². The van der Waals surface area contributed by atoms with E-state index in [1.165, 1.54) is 19.3 Å². The van der Waals surface area contributed by atoms with Gasteiger partial charge in [0.25, 0.3) is 0 Å². The van der Waals surface area contributed by atoms with E-state index in [1.54, 1.807) is 0 Å². The number of rotatable bonds is 6. The molecule has 2 saturated carbocycles. The Balaban J connectivity index is 1.87. The maximum absolute atomic E-state index is 9.77. The summed E-state index contributed by atoms with van der Waals surface area (Å²) in [6.45, 7) is 10.5. The number of hydrogen-bond acceptors (Lipinski definition) is 3. The van der Waals surface area contributed by atoms with Crippen molar-refractivity contribution in [2.75, 3.05) is 13.2 Å². The van der Waals surface area contributed by atoms with Gasteiger partial charge in [-0.2, -0.15) is 0 Å². The van der Waals surface area contributed by atoms with Gasteiger partial charge in [-0.05, 0) is 62.8 Å². The molecule has 0 aliphatic heterocycles. The van der Waals surface area contributed by atoms with Gasteiger partial charge < -0.3 is 15.2 Å². The summed E-state index contributed by atoms with van der Waals surface area (Å²) in [5, 5.41) is 13.3. The summed E-state index contributed by atoms with van der Waals surface area (Å²) in [5.41, 5.74) is 0.325. The second kappa shape index (κ2) is 6.97. The molecular formula is C18H35NO2. The van der Waals surface area contributed by atoms with Crippen molar-refractivity contribution < 1.29 is 9.84 Å². The molecular weight excluding hydrogens is 262 g/mol. The zero-order valence-electron chi connectivity index (χ0n) is 14.5. The van der Waals surface area contributed by atoms with Crippen LogP contribution in [0.2, 0.25) is 0 Å². The van der Waals surface area contributed by atoms with Crippen LogP contribution in [-0.2, 0) is 4.74 Å². The van der Waals surface area contributed by atoms with Crippen LogP contribution in [0.25, 0.3) is 0 Å². The summed E-state index contributed by atoms with van der Waals surface area (Å²) in [4.78, 5) is 0. The molecule has 2 aliphatic rings. The van der Waals surface area contributed by atoms with Crippen LogP contribution in [0.5, 0.6) is 0 Å². The van der Waals surface area contributed by atoms with Gasteiger partial charge in [0, 0.05) is 5.54 Å². The van der Waals surface area contributed by atoms with Crippen molar-refractivity contribution >= 4 is 0 Å². The molecule has 0 bridgehead atoms. The molecule has 2 aliphatic carbocycles. The lowest BCUT2D eigenvalue weighted by Gasteiger charge is -2.40. The molecule has 4 atom stereocenters. The van der Waals surface area contributed by atoms with Crippen molar-refractivity contribution in [2.45, 2.75) is 90.4 Å². The molecule has 124 valence electrons. The third-order valence-corrected chi connectivity index (χ3v) is 5.35. The second-order valence-corrected chi connectivity index (χ2v) is 8.40. The molecule has 2 fully saturated rings. The first-order valence-corrected chi connectivity index (χ1v) is 8.89. The highest BCUT2D eigenvalue weighted by Gasteiger charge is 2.41. The van der Waals surface area contributed by atoms with Crippen LogP contribution in [0.4, 0.5) is 0 Å². The minimum Gasteiger partial charge on any atom is -0.394 e. The van der Waals surface area contributed by atoms with Gasteiger partial charge in [0.1, 0.15) is 0 Å². The number of ether oxygens (including phenoxy) is 1. The number of aliphatic hydroxyl groups excluding tert-OH is 1. The maximum atomic E-state index is 9.77. The fraction of sp³-hybridized carbons (Fsp3) is 1.00. The standard InChI is InChI=1S/C18H35NO2/c1-5-8-19-18(13-20)7-6-15(12-18)21-16-9-14(2)10-17(3,4)11-16/h14-16,19-20H,5-13H2,1-4H3. The molecule has 0 radical (unpaired) electrons. The lowest BCUT2D eigenvalue weighted by Crippen LogP contribution is -2.47. The summed E-state index contributed by atoms with van der Waals surface area (Å²) in [7, 11) is 0. The van der Waals surface area contributed by atoms with E-state index in [1.807, 2.05) is 0 Å². The van der Waals surface area contributed by atoms with Gasteiger partial charge in [-0.3, -0.25) is 0 Å². The quantitative estimate of drug-likeness (QED) is 0.788. The van der Waals surface area contributed by atoms with Gasteiger partial charge in [0.2, 0.25) is 0 Å². The number of hydrogen-bond donors (Lipinski definition) is 2. The van der Waals surface area contributed by atoms with Gasteiger partial charge >= 0.3 is 0 Å². The topological polar surface area (TPSA) is 41.5 Å². The van der Waals surface area contributed by atoms with E-state index in [9.17, 15) is 5.11 Å². The van der Waals surface area contributed by atoms with Gasteiger partial charge in [-0.15, -0.1) is 0 Å². The van der Waals surface area contributed by atoms with E-state index >= 15 is 0 Å². The van der Waals surface area contributed by atoms with Gasteiger partial charge in [0.15, 0.2) is 0 Å². The molecule has 2 rings (SSSR count). The predicted octanol–water partition coefficient (Wildman–Crippen LogP) is 3.50. The molecule has 21 heavy (non-hydrogen) atoms. The molecule has 2 N–H and O–H groups in total. The van der Waals surface area contributed by atoms with Gasteiger partial charge in [-0.25, -0.2) is 0 Å². The first kappa shape index (κ1) is 17.2. The Morgan fingerprint density at radius 1 is 1.19 bits per heavy atom. The average molecular weight is 297 g/mol. The van der Waals surface area contributed by atoms with Crippen molar-refractivity contribution in [3.63, 3.8) is 0 Å². The number of aliphatic hydroxyl groups is 1. The Morgan fingerprint density at radius 3 is 2.57 bits per heavy atom. The van der Waals surface area contributed by atoms with Crippen LogP contribution < -0.4 is 5.32 Å². The predicted molar refractivity (Wildman–Crippen MR) is 87.4 cm³/mol. The zero-order valence-corrected chi connectivity index (χ0v) is 14.5. The SMILES string of the molecule is CCCNC1(CO)CCC(OC2CC(C)CC(C)(C)C2)C1. The highest BCUT2D eigenvalue weighted by atomic mass is 16.5. The van der Waals surface area contributed by atoms with Crippen molar-refractivity contribution in [1.29, 1.82) is 0 Å². The van der Waals surface area contributed by atoms with Crippen LogP contribution in [0, 0.1) is 11.3 Å². The largest absolute Gasteiger partial charge is 0.394 e. The van der Waals surface area contributed by atoms with E-state index in [4.69, 9.17) is 4.74 Å². The van der Waals surface area contributed by atoms with Crippen LogP contribution in [0.1, 0.15) is 72.6 Å². The maximum Gasteiger partial charge on any atom is 0.0614 e. The smallest absolute Gasteiger partial charge is 0.0614 e. The summed E-state index contributed by atoms with van der Waals surface area (Å²) in [6.07, 6.45) is 8.65. The summed E-state index contributed by atoms with van der Waals surface area (Å²) >= 11 is 0. The number of nitrogens with one attached hydrogen (secondary N) is 1. The Labute approximate surface area is 130 Å². The fourth-order valence-corrected chi connectivity index (χ4v) is 4.58. The third kappa shape index (κ3) is 4.67. The fourth-order valence-electron chi connectivity index (χ4n) is 4.58. The molecule has 0 aromatic heterocycles. The Bertz CT molecular complexity index is 331. The lowest BCUT2D eigenvalue weighted by atomic mass is 9.71. The van der Waals surface area contributed by atoms with Crippen molar-refractivity contribution in [3.05, 3.63) is 0 Å². The van der Waals surface area contributed by atoms with E-state index in [2.05, 4.69) is 33.0 Å². The van der Waals surface area contributed by atoms with Crippen molar-refractivity contribution in [1.82, 2.24) is 5.32 Å². The highest BCUT2D eigenvalue weighted by molar-refractivity contribution is 4.97. The third-order valence-electron chi connectivity index (χ3n) is 5.35. The summed E-state index contributed by atoms with van der Waals surface area (Å²) < 4.78 is 6.44. The van der Waals surface area contributed by atoms with Crippen molar-refractivity contribution in [3.8, 4) is 0 Å². The average Bonchev–Trinajstić information content (AvgIpc) is 2.78. The Hall–Kier alpha value is -0.120. The van der Waals surface area contributed by atoms with E-state index in [0.717, 1.165) is 38.1 Å². The summed E-state index contributed by atoms with van der Waals surface area (Å²) in [6, 6.07) is 0. The molecule has 4 unspecified atom stereocenters. The monoisotopic (exact) mass is 297 g/mol. The molecule has 0 saturated heterocycles. The van der Waals surface area contributed by atoms with Crippen LogP contribution in [0.15, 0.2) is 0 Å². The van der Waals surface area contributed by atoms with Crippen molar-refractivity contribution in [2.24, 2.45) is 11.3 Å². The second-order valence-electron chi connectivity index (χ2n) is 8.40. The lowest BCUT2D eigenvalue weighted by molar-refractivity contribution is -0.0655. The van der Waals surface area contributed by atoms with Crippen LogP contribution in [-0.4, -0.2) is 36.0 Å². The molecule has 0 heterocycles. The molecule has 3 nitrogen and oxygen atoms in total. The molecule has 0 aromatic rings. The highest BCUT2D eigenvalue weighted by Crippen LogP contribution is 2.41. The van der Waals surface area contributed by atoms with Gasteiger partial charge in [-0.1, -0.05) is 27.7 Å². The molecule has 0 aromatic carbocycles. The zero-order chi connectivity index (χ0) is 15.5. The van der Waals surface area contributed by atoms with E-state index in [0.29, 0.717) is 17.6 Å². The molecule has 3 heteroatoms. The van der Waals surface area contributed by atoms with Crippen LogP contribution in [0.3, 0.4) is 0 Å². The minimum atomic E-state index is -0.0868. The molecule has 0 amide bonds. The molecule has 0 spiro atoms. The first-order chi connectivity index (χ1) is 9.88. The normalized spacial score (nSPS) is 39.6. The Kier molecular flexibility index (Phi) is 5.72. The minimum absolute atomic E-state index is 0.0868.